The van der Waals surface area contributed by atoms with E-state index in [1.165, 1.54) is 52.8 Å². The molecule has 188 valence electrons. The van der Waals surface area contributed by atoms with E-state index in [0.29, 0.717) is 0 Å². The number of para-hydroxylation sites is 3. The molecular formula is C36H23N3S. The Morgan fingerprint density at radius 1 is 0.450 bits per heavy atom. The Kier molecular flexibility index (Phi) is 4.48. The van der Waals surface area contributed by atoms with Crippen molar-refractivity contribution in [1.29, 1.82) is 0 Å². The topological polar surface area (TPSA) is 29.0 Å². The smallest absolute Gasteiger partial charge is 0.140 e. The lowest BCUT2D eigenvalue weighted by Crippen LogP contribution is -2.19. The molecule has 40 heavy (non-hydrogen) atoms. The fraction of sp³-hybridized carbons (Fsp3) is 0. The molecule has 0 atom stereocenters. The van der Waals surface area contributed by atoms with E-state index in [2.05, 4.69) is 143 Å². The van der Waals surface area contributed by atoms with E-state index in [1.807, 2.05) is 11.3 Å². The van der Waals surface area contributed by atoms with Crippen LogP contribution in [0.3, 0.4) is 0 Å². The third-order valence-electron chi connectivity index (χ3n) is 8.13. The van der Waals surface area contributed by atoms with Gasteiger partial charge in [-0.3, -0.25) is 4.57 Å². The average Bonchev–Trinajstić information content (AvgIpc) is 3.57. The molecule has 1 aliphatic rings. The van der Waals surface area contributed by atoms with Gasteiger partial charge in [-0.2, -0.15) is 0 Å². The number of thiophene rings is 1. The summed E-state index contributed by atoms with van der Waals surface area (Å²) in [7, 11) is 0. The van der Waals surface area contributed by atoms with E-state index in [1.54, 1.807) is 0 Å². The van der Waals surface area contributed by atoms with Crippen LogP contribution in [0, 0.1) is 0 Å². The number of nitrogens with one attached hydrogen (secondary N) is 2. The second kappa shape index (κ2) is 8.22. The molecule has 4 heteroatoms. The molecule has 1 aliphatic heterocycles. The van der Waals surface area contributed by atoms with Crippen molar-refractivity contribution >= 4 is 87.0 Å². The Morgan fingerprint density at radius 3 is 2.00 bits per heavy atom. The quantitative estimate of drug-likeness (QED) is 0.233. The molecule has 0 saturated heterocycles. The van der Waals surface area contributed by atoms with E-state index in [9.17, 15) is 0 Å². The second-order valence-corrected chi connectivity index (χ2v) is 11.4. The van der Waals surface area contributed by atoms with Crippen LogP contribution < -0.4 is 10.6 Å². The number of rotatable bonds is 2. The monoisotopic (exact) mass is 529 g/mol. The predicted octanol–water partition coefficient (Wildman–Crippen LogP) is 10.1. The summed E-state index contributed by atoms with van der Waals surface area (Å²) in [6.45, 7) is 0. The Labute approximate surface area is 234 Å². The van der Waals surface area contributed by atoms with Gasteiger partial charge in [-0.05, 0) is 47.2 Å². The number of anilines is 2. The lowest BCUT2D eigenvalue weighted by Gasteiger charge is -2.28. The molecule has 0 unspecified atom stereocenters. The molecule has 0 spiro atoms. The summed E-state index contributed by atoms with van der Waals surface area (Å²) in [4.78, 5) is 0. The van der Waals surface area contributed by atoms with Gasteiger partial charge in [-0.15, -0.1) is 11.3 Å². The molecule has 9 rings (SSSR count). The average molecular weight is 530 g/mol. The maximum absolute atomic E-state index is 3.81. The number of hydrogen-bond acceptors (Lipinski definition) is 3. The summed E-state index contributed by atoms with van der Waals surface area (Å²) in [6, 6.07) is 45.8. The summed E-state index contributed by atoms with van der Waals surface area (Å²) in [5.41, 5.74) is 6.69. The lowest BCUT2D eigenvalue weighted by atomic mass is 9.99. The van der Waals surface area contributed by atoms with Gasteiger partial charge in [0.15, 0.2) is 0 Å². The zero-order valence-corrected chi connectivity index (χ0v) is 22.3. The van der Waals surface area contributed by atoms with E-state index in [4.69, 9.17) is 0 Å². The molecule has 0 saturated carbocycles. The first-order valence-corrected chi connectivity index (χ1v) is 14.4. The Hall–Kier alpha value is -5.06. The van der Waals surface area contributed by atoms with Crippen LogP contribution in [0.25, 0.3) is 64.3 Å². The number of aromatic nitrogens is 1. The first-order chi connectivity index (χ1) is 19.8. The molecule has 2 N–H and O–H groups in total. The van der Waals surface area contributed by atoms with Crippen molar-refractivity contribution in [1.82, 2.24) is 4.57 Å². The number of fused-ring (bicyclic) bond motifs is 10. The van der Waals surface area contributed by atoms with E-state index >= 15 is 0 Å². The van der Waals surface area contributed by atoms with Crippen molar-refractivity contribution in [2.45, 2.75) is 0 Å². The van der Waals surface area contributed by atoms with Crippen molar-refractivity contribution in [2.75, 3.05) is 10.6 Å². The summed E-state index contributed by atoms with van der Waals surface area (Å²) in [6.07, 6.45) is 0. The second-order valence-electron chi connectivity index (χ2n) is 10.3. The normalized spacial score (nSPS) is 13.3. The molecule has 3 nitrogen and oxygen atoms in total. The minimum absolute atomic E-state index is 1.03. The van der Waals surface area contributed by atoms with Crippen LogP contribution >= 0.6 is 11.3 Å². The summed E-state index contributed by atoms with van der Waals surface area (Å²) in [5, 5.41) is 15.4. The van der Waals surface area contributed by atoms with Crippen LogP contribution in [0.5, 0.6) is 0 Å². The van der Waals surface area contributed by atoms with Gasteiger partial charge < -0.3 is 10.6 Å². The van der Waals surface area contributed by atoms with Crippen molar-refractivity contribution in [3.8, 4) is 0 Å². The number of benzene rings is 6. The molecule has 0 amide bonds. The van der Waals surface area contributed by atoms with Crippen molar-refractivity contribution in [3.05, 3.63) is 133 Å². The Morgan fingerprint density at radius 2 is 1.12 bits per heavy atom. The maximum Gasteiger partial charge on any atom is 0.140 e. The van der Waals surface area contributed by atoms with Crippen LogP contribution in [0.1, 0.15) is 5.56 Å². The van der Waals surface area contributed by atoms with Gasteiger partial charge in [0.05, 0.1) is 28.1 Å². The van der Waals surface area contributed by atoms with Crippen LogP contribution in [-0.4, -0.2) is 4.57 Å². The van der Waals surface area contributed by atoms with Crippen molar-refractivity contribution in [2.24, 2.45) is 0 Å². The largest absolute Gasteiger partial charge is 0.350 e. The number of hydrogen-bond donors (Lipinski definition) is 2. The van der Waals surface area contributed by atoms with Crippen molar-refractivity contribution < 1.29 is 0 Å². The first-order valence-electron chi connectivity index (χ1n) is 13.5. The van der Waals surface area contributed by atoms with E-state index < -0.39 is 0 Å². The Bertz CT molecular complexity index is 2320. The fourth-order valence-electron chi connectivity index (χ4n) is 6.40. The standard InChI is InChI=1S/C36H23N3S/c1-2-10-22(11-3-1)35-36(38-28-15-7-6-14-27(28)37-35)39-29-16-8-4-12-25(29)33-23-19-21-32-34(24(23)18-20-30(33)39)26-13-5-9-17-31(26)40-32/h1-21,37-38H. The van der Waals surface area contributed by atoms with Gasteiger partial charge in [0.25, 0.3) is 0 Å². The highest BCUT2D eigenvalue weighted by molar-refractivity contribution is 7.26. The maximum atomic E-state index is 3.81. The molecular weight excluding hydrogens is 506 g/mol. The molecule has 0 bridgehead atoms. The van der Waals surface area contributed by atoms with Gasteiger partial charge in [-0.1, -0.05) is 91.0 Å². The predicted molar refractivity (Wildman–Crippen MR) is 173 cm³/mol. The van der Waals surface area contributed by atoms with Gasteiger partial charge in [-0.25, -0.2) is 0 Å². The van der Waals surface area contributed by atoms with Gasteiger partial charge >= 0.3 is 0 Å². The highest BCUT2D eigenvalue weighted by atomic mass is 32.1. The Balaban J connectivity index is 1.42. The van der Waals surface area contributed by atoms with Gasteiger partial charge in [0.2, 0.25) is 0 Å². The van der Waals surface area contributed by atoms with Crippen molar-refractivity contribution in [3.63, 3.8) is 0 Å². The highest BCUT2D eigenvalue weighted by Gasteiger charge is 2.24. The van der Waals surface area contributed by atoms with E-state index in [-0.39, 0.29) is 0 Å². The van der Waals surface area contributed by atoms with Crippen LogP contribution in [0.15, 0.2) is 127 Å². The minimum atomic E-state index is 1.03. The molecule has 0 fully saturated rings. The summed E-state index contributed by atoms with van der Waals surface area (Å²) in [5.74, 6) is 1.03. The van der Waals surface area contributed by atoms with Gasteiger partial charge in [0, 0.05) is 36.5 Å². The third-order valence-corrected chi connectivity index (χ3v) is 9.27. The molecule has 0 radical (unpaired) electrons. The summed E-state index contributed by atoms with van der Waals surface area (Å²) < 4.78 is 5.06. The molecule has 8 aromatic rings. The summed E-state index contributed by atoms with van der Waals surface area (Å²) >= 11 is 1.87. The number of nitrogens with zero attached hydrogens (tertiary/aromatic N) is 1. The van der Waals surface area contributed by atoms with Crippen LogP contribution in [0.4, 0.5) is 11.4 Å². The third kappa shape index (κ3) is 2.99. The zero-order chi connectivity index (χ0) is 26.2. The minimum Gasteiger partial charge on any atom is -0.350 e. The van der Waals surface area contributed by atoms with Gasteiger partial charge in [0.1, 0.15) is 5.82 Å². The molecule has 0 aliphatic carbocycles. The SMILES string of the molecule is c1ccc(C2=C(n3c4ccccc4c4c5ccc6sc7ccccc7c6c5ccc43)Nc3ccccc3N2)cc1. The first kappa shape index (κ1) is 21.8. The molecule has 3 heterocycles. The highest BCUT2D eigenvalue weighted by Crippen LogP contribution is 2.45. The molecule has 2 aromatic heterocycles. The molecule has 6 aromatic carbocycles. The van der Waals surface area contributed by atoms with E-state index in [0.717, 1.165) is 28.5 Å². The fourth-order valence-corrected chi connectivity index (χ4v) is 7.53. The lowest BCUT2D eigenvalue weighted by molar-refractivity contribution is 1.19. The van der Waals surface area contributed by atoms with Crippen LogP contribution in [0.2, 0.25) is 0 Å². The van der Waals surface area contributed by atoms with Crippen LogP contribution in [-0.2, 0) is 0 Å². The zero-order valence-electron chi connectivity index (χ0n) is 21.5.